The Hall–Kier alpha value is -4.01. The van der Waals surface area contributed by atoms with E-state index >= 15 is 0 Å². The number of nitrogens with one attached hydrogen (secondary N) is 1. The number of nitrogens with zero attached hydrogens (tertiary/aromatic N) is 2. The first-order valence-corrected chi connectivity index (χ1v) is 9.53. The molecule has 4 rings (SSSR count). The van der Waals surface area contributed by atoms with E-state index in [0.29, 0.717) is 35.2 Å². The summed E-state index contributed by atoms with van der Waals surface area (Å²) in [6.45, 7) is 0.278. The number of amides is 1. The van der Waals surface area contributed by atoms with E-state index in [9.17, 15) is 9.59 Å². The Morgan fingerprint density at radius 2 is 1.84 bits per heavy atom. The van der Waals surface area contributed by atoms with Crippen molar-refractivity contribution < 1.29 is 23.7 Å². The number of hydrogen-bond acceptors (Lipinski definition) is 7. The monoisotopic (exact) mass is 423 g/mol. The quantitative estimate of drug-likeness (QED) is 0.620. The SMILES string of the molecule is COc1ccc(-c2ccc(=O)n(CC(=O)NCc3ccc4c(c3)OCO4)n2)cc1OC. The summed E-state index contributed by atoms with van der Waals surface area (Å²) < 4.78 is 22.3. The van der Waals surface area contributed by atoms with Crippen molar-refractivity contribution in [3.8, 4) is 34.3 Å². The molecule has 2 aromatic carbocycles. The highest BCUT2D eigenvalue weighted by Gasteiger charge is 2.14. The van der Waals surface area contributed by atoms with Gasteiger partial charge >= 0.3 is 0 Å². The number of fused-ring (bicyclic) bond motifs is 1. The fourth-order valence-corrected chi connectivity index (χ4v) is 3.16. The summed E-state index contributed by atoms with van der Waals surface area (Å²) >= 11 is 0. The first kappa shape index (κ1) is 20.3. The standard InChI is InChI=1S/C22H21N3O6/c1-28-17-7-4-15(10-19(17)29-2)16-5-8-22(27)25(24-16)12-21(26)23-11-14-3-6-18-20(9-14)31-13-30-18/h3-10H,11-13H2,1-2H3,(H,23,26). The molecule has 0 spiro atoms. The predicted molar refractivity (Wildman–Crippen MR) is 111 cm³/mol. The van der Waals surface area contributed by atoms with E-state index in [1.807, 2.05) is 12.1 Å². The highest BCUT2D eigenvalue weighted by molar-refractivity contribution is 5.75. The molecule has 0 aliphatic carbocycles. The zero-order valence-electron chi connectivity index (χ0n) is 17.1. The zero-order valence-corrected chi connectivity index (χ0v) is 17.1. The van der Waals surface area contributed by atoms with E-state index in [2.05, 4.69) is 10.4 Å². The average Bonchev–Trinajstić information content (AvgIpc) is 3.26. The van der Waals surface area contributed by atoms with Gasteiger partial charge in [-0.3, -0.25) is 9.59 Å². The van der Waals surface area contributed by atoms with Crippen LogP contribution in [0, 0.1) is 0 Å². The van der Waals surface area contributed by atoms with Gasteiger partial charge in [-0.2, -0.15) is 5.10 Å². The molecule has 1 aromatic heterocycles. The van der Waals surface area contributed by atoms with Crippen LogP contribution in [0.25, 0.3) is 11.3 Å². The van der Waals surface area contributed by atoms with Crippen LogP contribution in [0.5, 0.6) is 23.0 Å². The van der Waals surface area contributed by atoms with Crippen molar-refractivity contribution >= 4 is 5.91 Å². The van der Waals surface area contributed by atoms with Crippen LogP contribution < -0.4 is 29.8 Å². The largest absolute Gasteiger partial charge is 0.493 e. The van der Waals surface area contributed by atoms with Gasteiger partial charge in [-0.1, -0.05) is 6.07 Å². The van der Waals surface area contributed by atoms with Gasteiger partial charge in [0.1, 0.15) is 6.54 Å². The second kappa shape index (κ2) is 8.78. The van der Waals surface area contributed by atoms with E-state index in [0.717, 1.165) is 15.8 Å². The number of methoxy groups -OCH3 is 2. The van der Waals surface area contributed by atoms with Crippen LogP contribution in [0.15, 0.2) is 53.3 Å². The third-order valence-electron chi connectivity index (χ3n) is 4.77. The topological polar surface area (TPSA) is 101 Å². The lowest BCUT2D eigenvalue weighted by Crippen LogP contribution is -2.33. The van der Waals surface area contributed by atoms with Gasteiger partial charge in [0.25, 0.3) is 5.56 Å². The normalized spacial score (nSPS) is 11.8. The molecule has 0 saturated carbocycles. The number of ether oxygens (including phenoxy) is 4. The van der Waals surface area contributed by atoms with Crippen LogP contribution in [0.4, 0.5) is 0 Å². The molecule has 1 amide bonds. The number of carbonyl (C=O) groups excluding carboxylic acids is 1. The van der Waals surface area contributed by atoms with Crippen LogP contribution >= 0.6 is 0 Å². The molecule has 0 saturated heterocycles. The molecule has 0 bridgehead atoms. The van der Waals surface area contributed by atoms with Crippen LogP contribution in [-0.2, 0) is 17.9 Å². The van der Waals surface area contributed by atoms with Crippen LogP contribution in [-0.4, -0.2) is 36.7 Å². The number of aromatic nitrogens is 2. The Labute approximate surface area is 178 Å². The molecule has 2 heterocycles. The van der Waals surface area contributed by atoms with Gasteiger partial charge in [0.05, 0.1) is 19.9 Å². The molecule has 1 aliphatic rings. The van der Waals surface area contributed by atoms with Gasteiger partial charge < -0.3 is 24.3 Å². The molecular weight excluding hydrogens is 402 g/mol. The average molecular weight is 423 g/mol. The highest BCUT2D eigenvalue weighted by atomic mass is 16.7. The molecule has 9 nitrogen and oxygen atoms in total. The third-order valence-corrected chi connectivity index (χ3v) is 4.77. The third kappa shape index (κ3) is 4.45. The van der Waals surface area contributed by atoms with Crippen molar-refractivity contribution in [2.45, 2.75) is 13.1 Å². The number of carbonyl (C=O) groups is 1. The van der Waals surface area contributed by atoms with E-state index in [4.69, 9.17) is 18.9 Å². The first-order chi connectivity index (χ1) is 15.1. The number of benzene rings is 2. The minimum Gasteiger partial charge on any atom is -0.493 e. The Morgan fingerprint density at radius 3 is 2.65 bits per heavy atom. The van der Waals surface area contributed by atoms with E-state index < -0.39 is 0 Å². The summed E-state index contributed by atoms with van der Waals surface area (Å²) in [6.07, 6.45) is 0. The lowest BCUT2D eigenvalue weighted by Gasteiger charge is -2.11. The fraction of sp³-hybridized carbons (Fsp3) is 0.227. The lowest BCUT2D eigenvalue weighted by molar-refractivity contribution is -0.122. The van der Waals surface area contributed by atoms with Gasteiger partial charge in [-0.25, -0.2) is 4.68 Å². The summed E-state index contributed by atoms with van der Waals surface area (Å²) in [5.41, 5.74) is 1.75. The van der Waals surface area contributed by atoms with Gasteiger partial charge in [0, 0.05) is 18.2 Å². The summed E-state index contributed by atoms with van der Waals surface area (Å²) in [4.78, 5) is 24.6. The minimum absolute atomic E-state index is 0.191. The Kier molecular flexibility index (Phi) is 5.74. The molecule has 0 unspecified atom stereocenters. The minimum atomic E-state index is -0.373. The van der Waals surface area contributed by atoms with Gasteiger partial charge in [0.2, 0.25) is 12.7 Å². The smallest absolute Gasteiger partial charge is 0.267 e. The molecule has 3 aromatic rings. The molecule has 0 radical (unpaired) electrons. The van der Waals surface area contributed by atoms with Gasteiger partial charge in [0.15, 0.2) is 23.0 Å². The lowest BCUT2D eigenvalue weighted by atomic mass is 10.1. The molecule has 9 heteroatoms. The van der Waals surface area contributed by atoms with Crippen LogP contribution in [0.2, 0.25) is 0 Å². The Morgan fingerprint density at radius 1 is 1.03 bits per heavy atom. The highest BCUT2D eigenvalue weighted by Crippen LogP contribution is 2.32. The molecule has 1 N–H and O–H groups in total. The van der Waals surface area contributed by atoms with E-state index in [1.54, 1.807) is 44.6 Å². The molecular formula is C22H21N3O6. The molecule has 31 heavy (non-hydrogen) atoms. The second-order valence-corrected chi connectivity index (χ2v) is 6.75. The Balaban J connectivity index is 1.46. The second-order valence-electron chi connectivity index (χ2n) is 6.75. The summed E-state index contributed by atoms with van der Waals surface area (Å²) in [7, 11) is 3.10. The summed E-state index contributed by atoms with van der Waals surface area (Å²) in [5, 5.41) is 7.11. The van der Waals surface area contributed by atoms with Crippen molar-refractivity contribution in [1.29, 1.82) is 0 Å². The van der Waals surface area contributed by atoms with Crippen molar-refractivity contribution in [2.75, 3.05) is 21.0 Å². The van der Waals surface area contributed by atoms with Crippen molar-refractivity contribution in [1.82, 2.24) is 15.1 Å². The van der Waals surface area contributed by atoms with Crippen LogP contribution in [0.3, 0.4) is 0 Å². The summed E-state index contributed by atoms with van der Waals surface area (Å²) in [5.74, 6) is 2.12. The Bertz CT molecular complexity index is 1170. The van der Waals surface area contributed by atoms with Crippen LogP contribution in [0.1, 0.15) is 5.56 Å². The molecule has 0 atom stereocenters. The summed E-state index contributed by atoms with van der Waals surface area (Å²) in [6, 6.07) is 13.7. The fourth-order valence-electron chi connectivity index (χ4n) is 3.16. The van der Waals surface area contributed by atoms with E-state index in [1.165, 1.54) is 6.07 Å². The maximum atomic E-state index is 12.4. The molecule has 0 fully saturated rings. The van der Waals surface area contributed by atoms with Gasteiger partial charge in [-0.15, -0.1) is 0 Å². The number of rotatable bonds is 7. The van der Waals surface area contributed by atoms with Crippen molar-refractivity contribution in [3.05, 3.63) is 64.4 Å². The van der Waals surface area contributed by atoms with E-state index in [-0.39, 0.29) is 24.8 Å². The predicted octanol–water partition coefficient (Wildman–Crippen LogP) is 1.97. The number of hydrogen-bond donors (Lipinski definition) is 1. The zero-order chi connectivity index (χ0) is 21.8. The molecule has 1 aliphatic heterocycles. The first-order valence-electron chi connectivity index (χ1n) is 9.53. The van der Waals surface area contributed by atoms with Crippen molar-refractivity contribution in [2.24, 2.45) is 0 Å². The maximum absolute atomic E-state index is 12.4. The molecule has 160 valence electrons. The van der Waals surface area contributed by atoms with Crippen molar-refractivity contribution in [3.63, 3.8) is 0 Å². The van der Waals surface area contributed by atoms with Gasteiger partial charge in [-0.05, 0) is 42.0 Å². The maximum Gasteiger partial charge on any atom is 0.267 e.